The topological polar surface area (TPSA) is 38.0 Å². The maximum Gasteiger partial charge on any atom is 0.00682 e. The van der Waals surface area contributed by atoms with E-state index in [9.17, 15) is 0 Å². The summed E-state index contributed by atoms with van der Waals surface area (Å²) in [5.74, 6) is 0. The van der Waals surface area contributed by atoms with Crippen molar-refractivity contribution in [2.45, 2.75) is 89.6 Å². The highest BCUT2D eigenvalue weighted by Crippen LogP contribution is 2.16. The van der Waals surface area contributed by atoms with E-state index in [1.54, 1.807) is 0 Å². The molecule has 1 rings (SSSR count). The summed E-state index contributed by atoms with van der Waals surface area (Å²) in [5, 5.41) is 3.69. The average molecular weight is 240 g/mol. The van der Waals surface area contributed by atoms with Gasteiger partial charge >= 0.3 is 0 Å². The maximum atomic E-state index is 5.90. The SMILES string of the molecule is CCCCCCCCCNC1CCC(N)CC1. The van der Waals surface area contributed by atoms with Crippen LogP contribution >= 0.6 is 0 Å². The minimum absolute atomic E-state index is 0.478. The Morgan fingerprint density at radius 1 is 0.882 bits per heavy atom. The molecule has 2 heteroatoms. The number of nitrogens with one attached hydrogen (secondary N) is 1. The van der Waals surface area contributed by atoms with E-state index in [1.165, 1.54) is 77.2 Å². The lowest BCUT2D eigenvalue weighted by Crippen LogP contribution is -2.37. The van der Waals surface area contributed by atoms with Gasteiger partial charge in [-0.25, -0.2) is 0 Å². The molecule has 1 fully saturated rings. The van der Waals surface area contributed by atoms with Crippen LogP contribution in [-0.2, 0) is 0 Å². The lowest BCUT2D eigenvalue weighted by atomic mass is 9.92. The van der Waals surface area contributed by atoms with Crippen LogP contribution in [-0.4, -0.2) is 18.6 Å². The molecule has 0 radical (unpaired) electrons. The lowest BCUT2D eigenvalue weighted by Gasteiger charge is -2.26. The van der Waals surface area contributed by atoms with E-state index >= 15 is 0 Å². The van der Waals surface area contributed by atoms with Gasteiger partial charge in [0.25, 0.3) is 0 Å². The smallest absolute Gasteiger partial charge is 0.00682 e. The number of rotatable bonds is 9. The molecule has 0 atom stereocenters. The van der Waals surface area contributed by atoms with E-state index in [0.29, 0.717) is 6.04 Å². The first-order valence-electron chi connectivity index (χ1n) is 7.82. The number of unbranched alkanes of at least 4 members (excludes halogenated alkanes) is 6. The van der Waals surface area contributed by atoms with Crippen molar-refractivity contribution in [1.29, 1.82) is 0 Å². The Kier molecular flexibility index (Phi) is 8.72. The van der Waals surface area contributed by atoms with Crippen LogP contribution in [0.5, 0.6) is 0 Å². The maximum absolute atomic E-state index is 5.90. The van der Waals surface area contributed by atoms with Crippen LogP contribution in [0.3, 0.4) is 0 Å². The third kappa shape index (κ3) is 7.77. The van der Waals surface area contributed by atoms with Gasteiger partial charge in [-0.15, -0.1) is 0 Å². The summed E-state index contributed by atoms with van der Waals surface area (Å²) in [7, 11) is 0. The summed E-state index contributed by atoms with van der Waals surface area (Å²) in [6.07, 6.45) is 14.8. The summed E-state index contributed by atoms with van der Waals surface area (Å²) in [6, 6.07) is 1.24. The first-order valence-corrected chi connectivity index (χ1v) is 7.82. The van der Waals surface area contributed by atoms with Gasteiger partial charge in [0.05, 0.1) is 0 Å². The van der Waals surface area contributed by atoms with E-state index in [0.717, 1.165) is 6.04 Å². The number of nitrogens with two attached hydrogens (primary N) is 1. The Morgan fingerprint density at radius 2 is 1.47 bits per heavy atom. The van der Waals surface area contributed by atoms with Gasteiger partial charge in [-0.2, -0.15) is 0 Å². The molecule has 0 spiro atoms. The van der Waals surface area contributed by atoms with Crippen LogP contribution in [0.4, 0.5) is 0 Å². The fourth-order valence-electron chi connectivity index (χ4n) is 2.71. The Balaban J connectivity index is 1.81. The fourth-order valence-corrected chi connectivity index (χ4v) is 2.71. The Morgan fingerprint density at radius 3 is 2.12 bits per heavy atom. The zero-order valence-electron chi connectivity index (χ0n) is 11.7. The Bertz CT molecular complexity index is 162. The highest BCUT2D eigenvalue weighted by molar-refractivity contribution is 4.78. The van der Waals surface area contributed by atoms with Crippen molar-refractivity contribution in [1.82, 2.24) is 5.32 Å². The molecule has 2 nitrogen and oxygen atoms in total. The van der Waals surface area contributed by atoms with Crippen molar-refractivity contribution in [3.63, 3.8) is 0 Å². The quantitative estimate of drug-likeness (QED) is 0.604. The van der Waals surface area contributed by atoms with Gasteiger partial charge in [-0.1, -0.05) is 45.4 Å². The highest BCUT2D eigenvalue weighted by Gasteiger charge is 2.17. The second-order valence-corrected chi connectivity index (χ2v) is 5.69. The normalized spacial score (nSPS) is 25.1. The van der Waals surface area contributed by atoms with Crippen LogP contribution in [0.25, 0.3) is 0 Å². The zero-order valence-corrected chi connectivity index (χ0v) is 11.7. The molecule has 0 aromatic heterocycles. The standard InChI is InChI=1S/C15H32N2/c1-2-3-4-5-6-7-8-13-17-15-11-9-14(16)10-12-15/h14-15,17H,2-13,16H2,1H3. The molecule has 102 valence electrons. The number of hydrogen-bond acceptors (Lipinski definition) is 2. The van der Waals surface area contributed by atoms with E-state index < -0.39 is 0 Å². The second-order valence-electron chi connectivity index (χ2n) is 5.69. The molecular formula is C15H32N2. The zero-order chi connectivity index (χ0) is 12.3. The average Bonchev–Trinajstić information content (AvgIpc) is 2.35. The van der Waals surface area contributed by atoms with Gasteiger partial charge in [0, 0.05) is 12.1 Å². The van der Waals surface area contributed by atoms with Gasteiger partial charge in [-0.05, 0) is 38.6 Å². The largest absolute Gasteiger partial charge is 0.328 e. The molecule has 0 amide bonds. The van der Waals surface area contributed by atoms with Crippen molar-refractivity contribution in [2.24, 2.45) is 5.73 Å². The minimum Gasteiger partial charge on any atom is -0.328 e. The van der Waals surface area contributed by atoms with Crippen LogP contribution in [0.15, 0.2) is 0 Å². The molecule has 1 saturated carbocycles. The predicted octanol–water partition coefficient (Wildman–Crippen LogP) is 3.60. The summed E-state index contributed by atoms with van der Waals surface area (Å²) in [4.78, 5) is 0. The molecule has 1 aliphatic rings. The van der Waals surface area contributed by atoms with Crippen LogP contribution < -0.4 is 11.1 Å². The Hall–Kier alpha value is -0.0800. The molecule has 0 unspecified atom stereocenters. The number of hydrogen-bond donors (Lipinski definition) is 2. The third-order valence-electron chi connectivity index (χ3n) is 3.99. The van der Waals surface area contributed by atoms with Crippen molar-refractivity contribution in [3.05, 3.63) is 0 Å². The van der Waals surface area contributed by atoms with Crippen LogP contribution in [0.1, 0.15) is 77.6 Å². The monoisotopic (exact) mass is 240 g/mol. The van der Waals surface area contributed by atoms with E-state index in [-0.39, 0.29) is 0 Å². The summed E-state index contributed by atoms with van der Waals surface area (Å²) in [5.41, 5.74) is 5.90. The Labute approximate surface area is 108 Å². The molecule has 3 N–H and O–H groups in total. The molecule has 0 aromatic rings. The van der Waals surface area contributed by atoms with Crippen molar-refractivity contribution in [2.75, 3.05) is 6.54 Å². The first kappa shape index (κ1) is 15.0. The van der Waals surface area contributed by atoms with E-state index in [1.807, 2.05) is 0 Å². The minimum atomic E-state index is 0.478. The van der Waals surface area contributed by atoms with Gasteiger partial charge in [0.1, 0.15) is 0 Å². The van der Waals surface area contributed by atoms with Gasteiger partial charge in [0.15, 0.2) is 0 Å². The molecule has 17 heavy (non-hydrogen) atoms. The van der Waals surface area contributed by atoms with Gasteiger partial charge in [-0.3, -0.25) is 0 Å². The van der Waals surface area contributed by atoms with Crippen molar-refractivity contribution < 1.29 is 0 Å². The molecular weight excluding hydrogens is 208 g/mol. The summed E-state index contributed by atoms with van der Waals surface area (Å²) >= 11 is 0. The van der Waals surface area contributed by atoms with Crippen molar-refractivity contribution >= 4 is 0 Å². The summed E-state index contributed by atoms with van der Waals surface area (Å²) < 4.78 is 0. The van der Waals surface area contributed by atoms with Crippen LogP contribution in [0, 0.1) is 0 Å². The van der Waals surface area contributed by atoms with Gasteiger partial charge in [0.2, 0.25) is 0 Å². The molecule has 0 saturated heterocycles. The third-order valence-corrected chi connectivity index (χ3v) is 3.99. The molecule has 0 heterocycles. The molecule has 0 bridgehead atoms. The highest BCUT2D eigenvalue weighted by atomic mass is 14.9. The first-order chi connectivity index (χ1) is 8.33. The van der Waals surface area contributed by atoms with Crippen LogP contribution in [0.2, 0.25) is 0 Å². The molecule has 0 aromatic carbocycles. The fraction of sp³-hybridized carbons (Fsp3) is 1.00. The van der Waals surface area contributed by atoms with Crippen molar-refractivity contribution in [3.8, 4) is 0 Å². The van der Waals surface area contributed by atoms with E-state index in [4.69, 9.17) is 5.73 Å². The van der Waals surface area contributed by atoms with Gasteiger partial charge < -0.3 is 11.1 Å². The summed E-state index contributed by atoms with van der Waals surface area (Å²) in [6.45, 7) is 3.49. The predicted molar refractivity (Wildman–Crippen MR) is 76.2 cm³/mol. The lowest BCUT2D eigenvalue weighted by molar-refractivity contribution is 0.340. The second kappa shape index (κ2) is 9.90. The van der Waals surface area contributed by atoms with E-state index in [2.05, 4.69) is 12.2 Å². The molecule has 0 aliphatic heterocycles. The molecule has 1 aliphatic carbocycles.